The van der Waals surface area contributed by atoms with E-state index in [1.165, 1.54) is 6.07 Å². The molecule has 3 nitrogen and oxygen atoms in total. The van der Waals surface area contributed by atoms with Crippen molar-refractivity contribution in [2.75, 3.05) is 19.6 Å². The van der Waals surface area contributed by atoms with Crippen molar-refractivity contribution in [3.8, 4) is 0 Å². The molecule has 2 fully saturated rings. The fraction of sp³-hybridized carbons (Fsp3) is 0.500. The van der Waals surface area contributed by atoms with Crippen LogP contribution in [0.25, 0.3) is 0 Å². The highest BCUT2D eigenvalue weighted by Gasteiger charge is 2.51. The molecule has 0 radical (unpaired) electrons. The smallest absolute Gasteiger partial charge is 0.228 e. The molecule has 96 valence electrons. The second kappa shape index (κ2) is 4.35. The summed E-state index contributed by atoms with van der Waals surface area (Å²) in [6, 6.07) is 6.80. The zero-order valence-corrected chi connectivity index (χ0v) is 10.2. The summed E-state index contributed by atoms with van der Waals surface area (Å²) >= 11 is 0. The SMILES string of the molecule is O=C1NCC(c2ccccc2F)C12CCCNC2. The third-order valence-corrected chi connectivity index (χ3v) is 4.28. The summed E-state index contributed by atoms with van der Waals surface area (Å²) in [5.41, 5.74) is 0.208. The van der Waals surface area contributed by atoms with Crippen LogP contribution in [-0.4, -0.2) is 25.5 Å². The highest BCUT2D eigenvalue weighted by molar-refractivity contribution is 5.87. The molecule has 1 aromatic rings. The van der Waals surface area contributed by atoms with Crippen LogP contribution in [0.1, 0.15) is 24.3 Å². The summed E-state index contributed by atoms with van der Waals surface area (Å²) in [5, 5.41) is 6.19. The van der Waals surface area contributed by atoms with E-state index in [1.54, 1.807) is 12.1 Å². The van der Waals surface area contributed by atoms with Gasteiger partial charge in [0.05, 0.1) is 5.41 Å². The summed E-state index contributed by atoms with van der Waals surface area (Å²) in [6.45, 7) is 2.14. The Morgan fingerprint density at radius 3 is 2.89 bits per heavy atom. The predicted molar refractivity (Wildman–Crippen MR) is 66.7 cm³/mol. The molecule has 2 atom stereocenters. The van der Waals surface area contributed by atoms with Crippen molar-refractivity contribution in [2.45, 2.75) is 18.8 Å². The molecular weight excluding hydrogens is 231 g/mol. The van der Waals surface area contributed by atoms with Crippen molar-refractivity contribution in [3.63, 3.8) is 0 Å². The van der Waals surface area contributed by atoms with Gasteiger partial charge in [-0.1, -0.05) is 18.2 Å². The van der Waals surface area contributed by atoms with Crippen LogP contribution in [0, 0.1) is 11.2 Å². The second-order valence-electron chi connectivity index (χ2n) is 5.22. The Morgan fingerprint density at radius 1 is 1.33 bits per heavy atom. The van der Waals surface area contributed by atoms with Crippen LogP contribution in [0.3, 0.4) is 0 Å². The van der Waals surface area contributed by atoms with Gasteiger partial charge in [0.2, 0.25) is 5.91 Å². The van der Waals surface area contributed by atoms with Gasteiger partial charge < -0.3 is 10.6 Å². The predicted octanol–water partition coefficient (Wildman–Crippen LogP) is 1.41. The zero-order valence-electron chi connectivity index (χ0n) is 10.2. The van der Waals surface area contributed by atoms with Crippen molar-refractivity contribution in [1.29, 1.82) is 0 Å². The molecule has 0 saturated carbocycles. The van der Waals surface area contributed by atoms with Crippen molar-refractivity contribution < 1.29 is 9.18 Å². The Balaban J connectivity index is 2.01. The first kappa shape index (κ1) is 11.7. The lowest BCUT2D eigenvalue weighted by molar-refractivity contribution is -0.129. The van der Waals surface area contributed by atoms with Crippen LogP contribution >= 0.6 is 0 Å². The Morgan fingerprint density at radius 2 is 2.17 bits per heavy atom. The maximum absolute atomic E-state index is 13.9. The van der Waals surface area contributed by atoms with E-state index < -0.39 is 5.41 Å². The number of carbonyl (C=O) groups excluding carboxylic acids is 1. The third-order valence-electron chi connectivity index (χ3n) is 4.28. The molecule has 0 bridgehead atoms. The van der Waals surface area contributed by atoms with Crippen molar-refractivity contribution >= 4 is 5.91 Å². The van der Waals surface area contributed by atoms with Gasteiger partial charge in [0.15, 0.2) is 0 Å². The minimum Gasteiger partial charge on any atom is -0.355 e. The number of amides is 1. The van der Waals surface area contributed by atoms with Gasteiger partial charge >= 0.3 is 0 Å². The first-order valence-electron chi connectivity index (χ1n) is 6.47. The number of rotatable bonds is 1. The van der Waals surface area contributed by atoms with Crippen LogP contribution in [0.4, 0.5) is 4.39 Å². The largest absolute Gasteiger partial charge is 0.355 e. The number of hydrogen-bond donors (Lipinski definition) is 2. The lowest BCUT2D eigenvalue weighted by Crippen LogP contribution is -2.47. The van der Waals surface area contributed by atoms with E-state index in [4.69, 9.17) is 0 Å². The number of nitrogens with one attached hydrogen (secondary N) is 2. The topological polar surface area (TPSA) is 41.1 Å². The van der Waals surface area contributed by atoms with Gasteiger partial charge in [0.25, 0.3) is 0 Å². The maximum Gasteiger partial charge on any atom is 0.228 e. The molecule has 2 heterocycles. The normalized spacial score (nSPS) is 31.6. The van der Waals surface area contributed by atoms with Crippen molar-refractivity contribution in [1.82, 2.24) is 10.6 Å². The first-order valence-corrected chi connectivity index (χ1v) is 6.47. The van der Waals surface area contributed by atoms with Gasteiger partial charge in [-0.3, -0.25) is 4.79 Å². The van der Waals surface area contributed by atoms with E-state index in [-0.39, 0.29) is 17.6 Å². The van der Waals surface area contributed by atoms with Crippen LogP contribution < -0.4 is 10.6 Å². The quantitative estimate of drug-likeness (QED) is 0.789. The molecule has 2 N–H and O–H groups in total. The Bertz CT molecular complexity index is 469. The highest BCUT2D eigenvalue weighted by Crippen LogP contribution is 2.45. The van der Waals surface area contributed by atoms with Crippen LogP contribution in [0.2, 0.25) is 0 Å². The highest BCUT2D eigenvalue weighted by atomic mass is 19.1. The summed E-state index contributed by atoms with van der Waals surface area (Å²) < 4.78 is 13.9. The minimum atomic E-state index is -0.458. The fourth-order valence-electron chi connectivity index (χ4n) is 3.31. The van der Waals surface area contributed by atoms with E-state index in [2.05, 4.69) is 10.6 Å². The van der Waals surface area contributed by atoms with Gasteiger partial charge in [-0.15, -0.1) is 0 Å². The van der Waals surface area contributed by atoms with E-state index in [0.29, 0.717) is 18.7 Å². The number of hydrogen-bond acceptors (Lipinski definition) is 2. The van der Waals surface area contributed by atoms with Crippen LogP contribution in [-0.2, 0) is 4.79 Å². The third kappa shape index (κ3) is 1.63. The molecule has 2 aliphatic heterocycles. The van der Waals surface area contributed by atoms with E-state index in [9.17, 15) is 9.18 Å². The monoisotopic (exact) mass is 248 g/mol. The van der Waals surface area contributed by atoms with E-state index in [0.717, 1.165) is 19.4 Å². The number of benzene rings is 1. The summed E-state index contributed by atoms with van der Waals surface area (Å²) in [6.07, 6.45) is 1.81. The lowest BCUT2D eigenvalue weighted by atomic mass is 9.69. The van der Waals surface area contributed by atoms with Crippen molar-refractivity contribution in [2.24, 2.45) is 5.41 Å². The number of carbonyl (C=O) groups is 1. The van der Waals surface area contributed by atoms with Crippen LogP contribution in [0.5, 0.6) is 0 Å². The summed E-state index contributed by atoms with van der Waals surface area (Å²) in [4.78, 5) is 12.2. The molecule has 2 saturated heterocycles. The maximum atomic E-state index is 13.9. The molecule has 3 rings (SSSR count). The van der Waals surface area contributed by atoms with Gasteiger partial charge in [-0.25, -0.2) is 4.39 Å². The summed E-state index contributed by atoms with van der Waals surface area (Å²) in [5.74, 6) is -0.189. The molecule has 0 aromatic heterocycles. The molecule has 1 aromatic carbocycles. The minimum absolute atomic E-state index is 0.0565. The molecule has 2 unspecified atom stereocenters. The molecule has 18 heavy (non-hydrogen) atoms. The standard InChI is InChI=1S/C14H17FN2O/c15-12-5-2-1-4-10(12)11-8-17-13(18)14(11)6-3-7-16-9-14/h1-2,4-5,11,16H,3,6-9H2,(H,17,18). The van der Waals surface area contributed by atoms with Crippen molar-refractivity contribution in [3.05, 3.63) is 35.6 Å². The average Bonchev–Trinajstić information content (AvgIpc) is 2.69. The molecule has 0 aliphatic carbocycles. The first-order chi connectivity index (χ1) is 8.74. The Labute approximate surface area is 106 Å². The molecule has 1 amide bonds. The number of halogens is 1. The molecule has 1 spiro atoms. The molecule has 4 heteroatoms. The van der Waals surface area contributed by atoms with Crippen LogP contribution in [0.15, 0.2) is 24.3 Å². The molecule has 2 aliphatic rings. The van der Waals surface area contributed by atoms with E-state index in [1.807, 2.05) is 6.07 Å². The van der Waals surface area contributed by atoms with E-state index >= 15 is 0 Å². The Hall–Kier alpha value is -1.42. The average molecular weight is 248 g/mol. The van der Waals surface area contributed by atoms with Gasteiger partial charge in [0, 0.05) is 19.0 Å². The van der Waals surface area contributed by atoms with Gasteiger partial charge in [0.1, 0.15) is 5.82 Å². The zero-order chi connectivity index (χ0) is 12.6. The number of piperidine rings is 1. The second-order valence-corrected chi connectivity index (χ2v) is 5.22. The Kier molecular flexibility index (Phi) is 2.82. The van der Waals surface area contributed by atoms with Gasteiger partial charge in [-0.05, 0) is 31.0 Å². The van der Waals surface area contributed by atoms with Gasteiger partial charge in [-0.2, -0.15) is 0 Å². The summed E-state index contributed by atoms with van der Waals surface area (Å²) in [7, 11) is 0. The fourth-order valence-corrected chi connectivity index (χ4v) is 3.31. The molecular formula is C14H17FN2O. The lowest BCUT2D eigenvalue weighted by Gasteiger charge is -2.36.